The van der Waals surface area contributed by atoms with E-state index in [9.17, 15) is 0 Å². The summed E-state index contributed by atoms with van der Waals surface area (Å²) in [5, 5.41) is 0. The predicted octanol–water partition coefficient (Wildman–Crippen LogP) is 3.24. The summed E-state index contributed by atoms with van der Waals surface area (Å²) in [5.74, 6) is 1.86. The highest BCUT2D eigenvalue weighted by atomic mass is 32.1. The highest BCUT2D eigenvalue weighted by Crippen LogP contribution is 2.41. The topological polar surface area (TPSA) is 9.23 Å². The van der Waals surface area contributed by atoms with Crippen molar-refractivity contribution in [3.63, 3.8) is 0 Å². The first-order chi connectivity index (χ1) is 6.97. The van der Waals surface area contributed by atoms with Crippen molar-refractivity contribution in [2.75, 3.05) is 5.75 Å². The standard InChI is InChI=1S/C13H18OS/c1-8-5-9(2)11-6-13(4,7-15)14-12(11)10(8)3/h5,15H,6-7H2,1-4H3. The van der Waals surface area contributed by atoms with Gasteiger partial charge in [-0.25, -0.2) is 0 Å². The molecular formula is C13H18OS. The van der Waals surface area contributed by atoms with Crippen molar-refractivity contribution in [3.05, 3.63) is 28.3 Å². The Kier molecular flexibility index (Phi) is 2.50. The normalized spacial score (nSPS) is 23.8. The Hall–Kier alpha value is -0.630. The fourth-order valence-electron chi connectivity index (χ4n) is 2.21. The van der Waals surface area contributed by atoms with Gasteiger partial charge in [-0.2, -0.15) is 12.6 Å². The fraction of sp³-hybridized carbons (Fsp3) is 0.538. The van der Waals surface area contributed by atoms with Crippen LogP contribution in [-0.4, -0.2) is 11.4 Å². The van der Waals surface area contributed by atoms with Crippen LogP contribution in [0.4, 0.5) is 0 Å². The third-order valence-electron chi connectivity index (χ3n) is 3.35. The van der Waals surface area contributed by atoms with Crippen molar-refractivity contribution >= 4 is 12.6 Å². The average molecular weight is 222 g/mol. The van der Waals surface area contributed by atoms with Crippen molar-refractivity contribution < 1.29 is 4.74 Å². The molecule has 0 aliphatic carbocycles. The number of fused-ring (bicyclic) bond motifs is 1. The summed E-state index contributed by atoms with van der Waals surface area (Å²) in [6, 6.07) is 2.25. The van der Waals surface area contributed by atoms with Gasteiger partial charge in [0.15, 0.2) is 0 Å². The van der Waals surface area contributed by atoms with Gasteiger partial charge in [0.2, 0.25) is 0 Å². The second-order valence-electron chi connectivity index (χ2n) is 4.83. The van der Waals surface area contributed by atoms with Crippen LogP contribution in [0.2, 0.25) is 0 Å². The third-order valence-corrected chi connectivity index (χ3v) is 4.02. The first-order valence-corrected chi connectivity index (χ1v) is 5.99. The SMILES string of the molecule is Cc1cc(C)c2c(c1C)OC(C)(CS)C2. The van der Waals surface area contributed by atoms with E-state index in [1.165, 1.54) is 22.3 Å². The molecule has 15 heavy (non-hydrogen) atoms. The summed E-state index contributed by atoms with van der Waals surface area (Å²) in [7, 11) is 0. The summed E-state index contributed by atoms with van der Waals surface area (Å²) in [6.45, 7) is 8.58. The maximum atomic E-state index is 6.06. The molecule has 0 saturated carbocycles. The highest BCUT2D eigenvalue weighted by molar-refractivity contribution is 7.80. The third kappa shape index (κ3) is 1.65. The molecule has 0 bridgehead atoms. The Morgan fingerprint density at radius 2 is 2.00 bits per heavy atom. The molecule has 1 unspecified atom stereocenters. The molecule has 0 fully saturated rings. The molecule has 1 atom stereocenters. The molecule has 2 heteroatoms. The number of thiol groups is 1. The van der Waals surface area contributed by atoms with Gasteiger partial charge in [0.05, 0.1) is 0 Å². The summed E-state index contributed by atoms with van der Waals surface area (Å²) in [6.07, 6.45) is 0.985. The van der Waals surface area contributed by atoms with Gasteiger partial charge < -0.3 is 4.74 Å². The van der Waals surface area contributed by atoms with E-state index in [2.05, 4.69) is 46.4 Å². The molecule has 1 aliphatic rings. The van der Waals surface area contributed by atoms with Gasteiger partial charge in [0, 0.05) is 17.7 Å². The smallest absolute Gasteiger partial charge is 0.126 e. The number of hydrogen-bond donors (Lipinski definition) is 1. The molecule has 0 N–H and O–H groups in total. The van der Waals surface area contributed by atoms with Crippen molar-refractivity contribution in [1.82, 2.24) is 0 Å². The minimum absolute atomic E-state index is 0.116. The van der Waals surface area contributed by atoms with Crippen LogP contribution in [0.15, 0.2) is 6.07 Å². The zero-order valence-corrected chi connectivity index (χ0v) is 10.7. The lowest BCUT2D eigenvalue weighted by Gasteiger charge is -2.21. The molecule has 1 heterocycles. The van der Waals surface area contributed by atoms with E-state index in [1.54, 1.807) is 0 Å². The number of rotatable bonds is 1. The summed E-state index contributed by atoms with van der Waals surface area (Å²) in [5.41, 5.74) is 5.19. The predicted molar refractivity (Wildman–Crippen MR) is 67.2 cm³/mol. The van der Waals surface area contributed by atoms with Gasteiger partial charge in [-0.05, 0) is 44.4 Å². The van der Waals surface area contributed by atoms with E-state index in [4.69, 9.17) is 4.74 Å². The second-order valence-corrected chi connectivity index (χ2v) is 5.15. The number of benzene rings is 1. The zero-order valence-electron chi connectivity index (χ0n) is 9.85. The lowest BCUT2D eigenvalue weighted by atomic mass is 9.94. The molecular weight excluding hydrogens is 204 g/mol. The second kappa shape index (κ2) is 3.44. The van der Waals surface area contributed by atoms with Crippen LogP contribution in [0.1, 0.15) is 29.2 Å². The van der Waals surface area contributed by atoms with Gasteiger partial charge in [0.25, 0.3) is 0 Å². The van der Waals surface area contributed by atoms with Crippen LogP contribution < -0.4 is 4.74 Å². The van der Waals surface area contributed by atoms with Crippen LogP contribution in [-0.2, 0) is 6.42 Å². The van der Waals surface area contributed by atoms with Crippen molar-refractivity contribution in [1.29, 1.82) is 0 Å². The molecule has 1 aliphatic heterocycles. The molecule has 1 aromatic carbocycles. The molecule has 1 aromatic rings. The van der Waals surface area contributed by atoms with Crippen LogP contribution in [0.5, 0.6) is 5.75 Å². The average Bonchev–Trinajstić information content (AvgIpc) is 2.55. The van der Waals surface area contributed by atoms with E-state index in [-0.39, 0.29) is 5.60 Å². The Morgan fingerprint density at radius 3 is 2.60 bits per heavy atom. The molecule has 1 nitrogen and oxygen atoms in total. The number of hydrogen-bond acceptors (Lipinski definition) is 2. The maximum absolute atomic E-state index is 6.06. The van der Waals surface area contributed by atoms with E-state index in [0.717, 1.165) is 17.9 Å². The Balaban J connectivity index is 2.54. The molecule has 0 spiro atoms. The van der Waals surface area contributed by atoms with E-state index in [0.29, 0.717) is 0 Å². The summed E-state index contributed by atoms with van der Waals surface area (Å²) in [4.78, 5) is 0. The fourth-order valence-corrected chi connectivity index (χ4v) is 2.38. The maximum Gasteiger partial charge on any atom is 0.126 e. The van der Waals surface area contributed by atoms with Crippen molar-refractivity contribution in [2.24, 2.45) is 0 Å². The van der Waals surface area contributed by atoms with Crippen LogP contribution >= 0.6 is 12.6 Å². The van der Waals surface area contributed by atoms with Crippen LogP contribution in [0.3, 0.4) is 0 Å². The molecule has 0 saturated heterocycles. The van der Waals surface area contributed by atoms with Crippen molar-refractivity contribution in [3.8, 4) is 5.75 Å². The summed E-state index contributed by atoms with van der Waals surface area (Å²) >= 11 is 4.38. The van der Waals surface area contributed by atoms with Gasteiger partial charge in [0.1, 0.15) is 11.4 Å². The lowest BCUT2D eigenvalue weighted by molar-refractivity contribution is 0.143. The van der Waals surface area contributed by atoms with E-state index in [1.807, 2.05) is 0 Å². The number of aryl methyl sites for hydroxylation is 2. The Labute approximate surface area is 97.2 Å². The molecule has 0 radical (unpaired) electrons. The minimum Gasteiger partial charge on any atom is -0.486 e. The van der Waals surface area contributed by atoms with Gasteiger partial charge in [-0.1, -0.05) is 6.07 Å². The Bertz CT molecular complexity index is 411. The highest BCUT2D eigenvalue weighted by Gasteiger charge is 2.35. The van der Waals surface area contributed by atoms with E-state index < -0.39 is 0 Å². The molecule has 2 rings (SSSR count). The van der Waals surface area contributed by atoms with Gasteiger partial charge >= 0.3 is 0 Å². The molecule has 0 aromatic heterocycles. The Morgan fingerprint density at radius 1 is 1.33 bits per heavy atom. The van der Waals surface area contributed by atoms with Gasteiger partial charge in [-0.3, -0.25) is 0 Å². The summed E-state index contributed by atoms with van der Waals surface area (Å²) < 4.78 is 6.06. The van der Waals surface area contributed by atoms with E-state index >= 15 is 0 Å². The monoisotopic (exact) mass is 222 g/mol. The minimum atomic E-state index is -0.116. The quantitative estimate of drug-likeness (QED) is 0.718. The first kappa shape index (κ1) is 10.9. The van der Waals surface area contributed by atoms with Gasteiger partial charge in [-0.15, -0.1) is 0 Å². The van der Waals surface area contributed by atoms with Crippen molar-refractivity contribution in [2.45, 2.75) is 39.7 Å². The molecule has 0 amide bonds. The molecule has 82 valence electrons. The largest absolute Gasteiger partial charge is 0.486 e. The number of ether oxygens (including phenoxy) is 1. The zero-order chi connectivity index (χ0) is 11.2. The lowest BCUT2D eigenvalue weighted by Crippen LogP contribution is -2.32. The van der Waals surface area contributed by atoms with Crippen LogP contribution in [0.25, 0.3) is 0 Å². The van der Waals surface area contributed by atoms with Crippen LogP contribution in [0, 0.1) is 20.8 Å². The first-order valence-electron chi connectivity index (χ1n) is 5.36.